The lowest BCUT2D eigenvalue weighted by molar-refractivity contribution is -0.122. The number of carbonyl (C=O) groups excluding carboxylic acids is 1. The van der Waals surface area contributed by atoms with E-state index in [-0.39, 0.29) is 11.9 Å². The molecule has 2 heterocycles. The van der Waals surface area contributed by atoms with E-state index in [9.17, 15) is 4.79 Å². The molecular formula is C12H19N3O2. The van der Waals surface area contributed by atoms with Crippen LogP contribution in [0, 0.1) is 0 Å². The number of likely N-dealkylation sites (tertiary alicyclic amines) is 1. The van der Waals surface area contributed by atoms with Crippen molar-refractivity contribution in [1.82, 2.24) is 15.4 Å². The van der Waals surface area contributed by atoms with Crippen LogP contribution in [0.25, 0.3) is 0 Å². The third-order valence-corrected chi connectivity index (χ3v) is 3.08. The van der Waals surface area contributed by atoms with Gasteiger partial charge in [-0.3, -0.25) is 9.69 Å². The van der Waals surface area contributed by atoms with Crippen LogP contribution in [0.4, 0.5) is 0 Å². The Morgan fingerprint density at radius 2 is 2.59 bits per heavy atom. The number of carbonyl (C=O) groups is 1. The van der Waals surface area contributed by atoms with E-state index in [1.54, 1.807) is 6.26 Å². The smallest absolute Gasteiger partial charge is 0.234 e. The topological polar surface area (TPSA) is 58.4 Å². The van der Waals surface area contributed by atoms with Crippen LogP contribution in [0.15, 0.2) is 16.9 Å². The first-order valence-electron chi connectivity index (χ1n) is 6.22. The zero-order valence-electron chi connectivity index (χ0n) is 10.2. The lowest BCUT2D eigenvalue weighted by Gasteiger charge is -2.21. The molecule has 0 aromatic carbocycles. The zero-order valence-corrected chi connectivity index (χ0v) is 10.2. The van der Waals surface area contributed by atoms with E-state index in [4.69, 9.17) is 4.52 Å². The number of nitrogens with one attached hydrogen (secondary N) is 1. The van der Waals surface area contributed by atoms with Crippen molar-refractivity contribution < 1.29 is 9.32 Å². The molecule has 1 aliphatic heterocycles. The summed E-state index contributed by atoms with van der Waals surface area (Å²) in [5, 5.41) is 6.87. The fourth-order valence-electron chi connectivity index (χ4n) is 2.25. The molecule has 5 heteroatoms. The number of hydrogen-bond donors (Lipinski definition) is 1. The number of amides is 1. The Hall–Kier alpha value is -1.36. The van der Waals surface area contributed by atoms with E-state index in [0.717, 1.165) is 38.0 Å². The van der Waals surface area contributed by atoms with Crippen molar-refractivity contribution in [2.45, 2.75) is 32.2 Å². The molecule has 1 atom stereocenters. The predicted octanol–water partition coefficient (Wildman–Crippen LogP) is 1.34. The lowest BCUT2D eigenvalue weighted by Crippen LogP contribution is -2.37. The Balaban J connectivity index is 1.89. The third-order valence-electron chi connectivity index (χ3n) is 3.08. The van der Waals surface area contributed by atoms with Crippen LogP contribution in [0.1, 0.15) is 37.9 Å². The summed E-state index contributed by atoms with van der Waals surface area (Å²) in [6, 6.07) is 2.12. The standard InChI is InChI=1S/C12H19N3O2/c1-2-6-13-12(16)9-15-7-3-4-11(15)10-5-8-17-14-10/h5,8,11H,2-4,6-7,9H2,1H3,(H,13,16)/t11-/m1/s1. The normalized spacial score (nSPS) is 20.6. The highest BCUT2D eigenvalue weighted by Crippen LogP contribution is 2.30. The number of aromatic nitrogens is 1. The average Bonchev–Trinajstić information content (AvgIpc) is 2.95. The molecular weight excluding hydrogens is 218 g/mol. The Labute approximate surface area is 101 Å². The molecule has 1 saturated heterocycles. The van der Waals surface area contributed by atoms with Crippen LogP contribution < -0.4 is 5.32 Å². The van der Waals surface area contributed by atoms with Gasteiger partial charge in [-0.25, -0.2) is 0 Å². The fourth-order valence-corrected chi connectivity index (χ4v) is 2.25. The number of rotatable bonds is 5. The molecule has 17 heavy (non-hydrogen) atoms. The van der Waals surface area contributed by atoms with E-state index >= 15 is 0 Å². The Morgan fingerprint density at radius 1 is 1.71 bits per heavy atom. The van der Waals surface area contributed by atoms with E-state index in [0.29, 0.717) is 6.54 Å². The molecule has 1 aromatic rings. The quantitative estimate of drug-likeness (QED) is 0.839. The molecule has 0 spiro atoms. The molecule has 1 N–H and O–H groups in total. The van der Waals surface area contributed by atoms with Crippen molar-refractivity contribution in [3.63, 3.8) is 0 Å². The Bertz CT molecular complexity index is 351. The van der Waals surface area contributed by atoms with E-state index in [2.05, 4.69) is 15.4 Å². The number of hydrogen-bond acceptors (Lipinski definition) is 4. The van der Waals surface area contributed by atoms with Gasteiger partial charge in [-0.15, -0.1) is 0 Å². The van der Waals surface area contributed by atoms with E-state index < -0.39 is 0 Å². The minimum Gasteiger partial charge on any atom is -0.364 e. The van der Waals surface area contributed by atoms with Crippen LogP contribution in [0.2, 0.25) is 0 Å². The highest BCUT2D eigenvalue weighted by Gasteiger charge is 2.29. The summed E-state index contributed by atoms with van der Waals surface area (Å²) in [5.74, 6) is 0.0993. The van der Waals surface area contributed by atoms with Crippen LogP contribution >= 0.6 is 0 Å². The maximum Gasteiger partial charge on any atom is 0.234 e. The molecule has 1 aromatic heterocycles. The highest BCUT2D eigenvalue weighted by atomic mass is 16.5. The largest absolute Gasteiger partial charge is 0.364 e. The first-order valence-corrected chi connectivity index (χ1v) is 6.22. The number of nitrogens with zero attached hydrogens (tertiary/aromatic N) is 2. The van der Waals surface area contributed by atoms with Gasteiger partial charge in [-0.05, 0) is 25.8 Å². The first kappa shape index (κ1) is 12.1. The van der Waals surface area contributed by atoms with Crippen molar-refractivity contribution in [1.29, 1.82) is 0 Å². The molecule has 94 valence electrons. The van der Waals surface area contributed by atoms with Gasteiger partial charge in [0.2, 0.25) is 5.91 Å². The monoisotopic (exact) mass is 237 g/mol. The van der Waals surface area contributed by atoms with Gasteiger partial charge >= 0.3 is 0 Å². The average molecular weight is 237 g/mol. The predicted molar refractivity (Wildman–Crippen MR) is 63.4 cm³/mol. The van der Waals surface area contributed by atoms with Gasteiger partial charge in [0.25, 0.3) is 0 Å². The first-order chi connectivity index (χ1) is 8.31. The van der Waals surface area contributed by atoms with Crippen LogP contribution in [-0.4, -0.2) is 35.6 Å². The van der Waals surface area contributed by atoms with E-state index in [1.807, 2.05) is 13.0 Å². The molecule has 1 fully saturated rings. The second-order valence-electron chi connectivity index (χ2n) is 4.40. The van der Waals surface area contributed by atoms with Gasteiger partial charge in [0.15, 0.2) is 0 Å². The summed E-state index contributed by atoms with van der Waals surface area (Å²) in [6.45, 7) is 4.21. The van der Waals surface area contributed by atoms with Gasteiger partial charge in [0, 0.05) is 12.6 Å². The van der Waals surface area contributed by atoms with Gasteiger partial charge in [-0.2, -0.15) is 0 Å². The molecule has 0 aliphatic carbocycles. The van der Waals surface area contributed by atoms with Crippen LogP contribution in [0.5, 0.6) is 0 Å². The Kier molecular flexibility index (Phi) is 4.14. The maximum absolute atomic E-state index is 11.7. The molecule has 5 nitrogen and oxygen atoms in total. The molecule has 0 saturated carbocycles. The van der Waals surface area contributed by atoms with Gasteiger partial charge in [0.1, 0.15) is 12.0 Å². The van der Waals surface area contributed by atoms with Crippen molar-refractivity contribution in [2.24, 2.45) is 0 Å². The fraction of sp³-hybridized carbons (Fsp3) is 0.667. The minimum absolute atomic E-state index is 0.0993. The minimum atomic E-state index is 0.0993. The summed E-state index contributed by atoms with van der Waals surface area (Å²) < 4.78 is 4.87. The molecule has 1 aliphatic rings. The SMILES string of the molecule is CCCNC(=O)CN1CCC[C@@H]1c1ccon1. The second-order valence-corrected chi connectivity index (χ2v) is 4.40. The third kappa shape index (κ3) is 3.06. The summed E-state index contributed by atoms with van der Waals surface area (Å²) in [5.41, 5.74) is 0.936. The lowest BCUT2D eigenvalue weighted by atomic mass is 10.1. The summed E-state index contributed by atoms with van der Waals surface area (Å²) in [4.78, 5) is 13.8. The van der Waals surface area contributed by atoms with Gasteiger partial charge in [-0.1, -0.05) is 12.1 Å². The molecule has 2 rings (SSSR count). The summed E-state index contributed by atoms with van der Waals surface area (Å²) in [6.07, 6.45) is 4.72. The van der Waals surface area contributed by atoms with E-state index in [1.165, 1.54) is 0 Å². The summed E-state index contributed by atoms with van der Waals surface area (Å²) in [7, 11) is 0. The summed E-state index contributed by atoms with van der Waals surface area (Å²) >= 11 is 0. The van der Waals surface area contributed by atoms with Crippen molar-refractivity contribution >= 4 is 5.91 Å². The van der Waals surface area contributed by atoms with Crippen LogP contribution in [0.3, 0.4) is 0 Å². The molecule has 0 bridgehead atoms. The Morgan fingerprint density at radius 3 is 3.29 bits per heavy atom. The van der Waals surface area contributed by atoms with Crippen molar-refractivity contribution in [3.05, 3.63) is 18.0 Å². The van der Waals surface area contributed by atoms with Gasteiger partial charge < -0.3 is 9.84 Å². The van der Waals surface area contributed by atoms with Gasteiger partial charge in [0.05, 0.1) is 12.6 Å². The van der Waals surface area contributed by atoms with Crippen LogP contribution in [-0.2, 0) is 4.79 Å². The molecule has 0 unspecified atom stereocenters. The van der Waals surface area contributed by atoms with Crippen molar-refractivity contribution in [3.8, 4) is 0 Å². The second kappa shape index (κ2) is 5.82. The molecule has 0 radical (unpaired) electrons. The molecule has 1 amide bonds. The zero-order chi connectivity index (χ0) is 12.1. The highest BCUT2D eigenvalue weighted by molar-refractivity contribution is 5.78. The maximum atomic E-state index is 11.7. The van der Waals surface area contributed by atoms with Crippen molar-refractivity contribution in [2.75, 3.05) is 19.6 Å².